The SMILES string of the molecule is COC(=O)CCC(=O)/C=C/C[C@@H](C)OCc1ccccc1. The predicted molar refractivity (Wildman–Crippen MR) is 80.7 cm³/mol. The zero-order valence-electron chi connectivity index (χ0n) is 12.6. The molecule has 21 heavy (non-hydrogen) atoms. The number of hydrogen-bond acceptors (Lipinski definition) is 4. The topological polar surface area (TPSA) is 52.6 Å². The van der Waals surface area contributed by atoms with E-state index in [2.05, 4.69) is 4.74 Å². The summed E-state index contributed by atoms with van der Waals surface area (Å²) in [6, 6.07) is 9.94. The maximum Gasteiger partial charge on any atom is 0.305 e. The lowest BCUT2D eigenvalue weighted by atomic mass is 10.2. The number of methoxy groups -OCH3 is 1. The molecule has 0 spiro atoms. The quantitative estimate of drug-likeness (QED) is 0.518. The number of esters is 1. The van der Waals surface area contributed by atoms with E-state index in [0.717, 1.165) is 5.56 Å². The van der Waals surface area contributed by atoms with Crippen LogP contribution in [0.25, 0.3) is 0 Å². The summed E-state index contributed by atoms with van der Waals surface area (Å²) in [5.74, 6) is -0.438. The highest BCUT2D eigenvalue weighted by atomic mass is 16.5. The highest BCUT2D eigenvalue weighted by Gasteiger charge is 2.04. The van der Waals surface area contributed by atoms with Gasteiger partial charge < -0.3 is 9.47 Å². The van der Waals surface area contributed by atoms with Crippen LogP contribution in [0, 0.1) is 0 Å². The van der Waals surface area contributed by atoms with Crippen molar-refractivity contribution in [1.29, 1.82) is 0 Å². The van der Waals surface area contributed by atoms with Gasteiger partial charge in [0.05, 0.1) is 26.2 Å². The zero-order valence-corrected chi connectivity index (χ0v) is 12.6. The summed E-state index contributed by atoms with van der Waals surface area (Å²) in [6.07, 6.45) is 4.30. The standard InChI is InChI=1S/C17H22O4/c1-14(21-13-15-8-4-3-5-9-15)7-6-10-16(18)11-12-17(19)20-2/h3-6,8-10,14H,7,11-13H2,1-2H3/b10-6+/t14-/m1/s1. The summed E-state index contributed by atoms with van der Waals surface area (Å²) < 4.78 is 10.2. The van der Waals surface area contributed by atoms with E-state index in [9.17, 15) is 9.59 Å². The van der Waals surface area contributed by atoms with E-state index in [1.807, 2.05) is 37.3 Å². The van der Waals surface area contributed by atoms with Crippen molar-refractivity contribution in [3.63, 3.8) is 0 Å². The number of hydrogen-bond donors (Lipinski definition) is 0. The molecule has 114 valence electrons. The maximum atomic E-state index is 11.5. The van der Waals surface area contributed by atoms with Crippen molar-refractivity contribution in [3.05, 3.63) is 48.0 Å². The summed E-state index contributed by atoms with van der Waals surface area (Å²) in [4.78, 5) is 22.4. The Morgan fingerprint density at radius 1 is 1.19 bits per heavy atom. The molecule has 1 atom stereocenters. The maximum absolute atomic E-state index is 11.5. The number of ketones is 1. The van der Waals surface area contributed by atoms with Gasteiger partial charge in [-0.3, -0.25) is 9.59 Å². The molecule has 0 heterocycles. The van der Waals surface area contributed by atoms with Crippen molar-refractivity contribution in [2.75, 3.05) is 7.11 Å². The van der Waals surface area contributed by atoms with Crippen molar-refractivity contribution < 1.29 is 19.1 Å². The molecule has 0 radical (unpaired) electrons. The first-order valence-electron chi connectivity index (χ1n) is 7.03. The zero-order chi connectivity index (χ0) is 15.5. The van der Waals surface area contributed by atoms with E-state index in [1.165, 1.54) is 13.2 Å². The van der Waals surface area contributed by atoms with Gasteiger partial charge in [-0.05, 0) is 25.0 Å². The van der Waals surface area contributed by atoms with Gasteiger partial charge in [0, 0.05) is 6.42 Å². The third kappa shape index (κ3) is 8.05. The lowest BCUT2D eigenvalue weighted by Gasteiger charge is -2.10. The van der Waals surface area contributed by atoms with Crippen LogP contribution in [0.4, 0.5) is 0 Å². The van der Waals surface area contributed by atoms with Crippen LogP contribution in [0.5, 0.6) is 0 Å². The molecule has 4 heteroatoms. The van der Waals surface area contributed by atoms with Gasteiger partial charge in [0.2, 0.25) is 0 Å². The third-order valence-electron chi connectivity index (χ3n) is 2.95. The molecule has 1 aromatic rings. The summed E-state index contributed by atoms with van der Waals surface area (Å²) in [7, 11) is 1.31. The molecule has 0 saturated heterocycles. The fraction of sp³-hybridized carbons (Fsp3) is 0.412. The number of carbonyl (C=O) groups is 2. The minimum Gasteiger partial charge on any atom is -0.469 e. The van der Waals surface area contributed by atoms with Crippen LogP contribution in [0.15, 0.2) is 42.5 Å². The van der Waals surface area contributed by atoms with E-state index < -0.39 is 0 Å². The van der Waals surface area contributed by atoms with Crippen LogP contribution in [-0.2, 0) is 25.7 Å². The van der Waals surface area contributed by atoms with Crippen LogP contribution in [0.2, 0.25) is 0 Å². The minimum atomic E-state index is -0.365. The number of benzene rings is 1. The Bertz CT molecular complexity index is 465. The molecule has 1 aromatic carbocycles. The largest absolute Gasteiger partial charge is 0.469 e. The lowest BCUT2D eigenvalue weighted by molar-refractivity contribution is -0.141. The van der Waals surface area contributed by atoms with Crippen LogP contribution in [-0.4, -0.2) is 25.0 Å². The van der Waals surface area contributed by atoms with Crippen molar-refractivity contribution in [2.45, 2.75) is 38.9 Å². The molecular weight excluding hydrogens is 268 g/mol. The Morgan fingerprint density at radius 2 is 1.90 bits per heavy atom. The Balaban J connectivity index is 2.19. The van der Waals surface area contributed by atoms with Crippen molar-refractivity contribution in [1.82, 2.24) is 0 Å². The van der Waals surface area contributed by atoms with Gasteiger partial charge in [-0.15, -0.1) is 0 Å². The van der Waals surface area contributed by atoms with Crippen LogP contribution < -0.4 is 0 Å². The van der Waals surface area contributed by atoms with E-state index in [1.54, 1.807) is 6.08 Å². The second-order valence-electron chi connectivity index (χ2n) is 4.79. The van der Waals surface area contributed by atoms with Gasteiger partial charge in [0.15, 0.2) is 5.78 Å². The van der Waals surface area contributed by atoms with Crippen LogP contribution >= 0.6 is 0 Å². The lowest BCUT2D eigenvalue weighted by Crippen LogP contribution is -2.07. The molecule has 0 aliphatic rings. The first-order chi connectivity index (χ1) is 10.1. The number of ether oxygens (including phenoxy) is 2. The van der Waals surface area contributed by atoms with Crippen molar-refractivity contribution in [3.8, 4) is 0 Å². The number of rotatable bonds is 9. The molecule has 0 N–H and O–H groups in total. The first-order valence-corrected chi connectivity index (χ1v) is 7.03. The van der Waals surface area contributed by atoms with E-state index >= 15 is 0 Å². The average molecular weight is 290 g/mol. The predicted octanol–water partition coefficient (Wildman–Crippen LogP) is 3.06. The molecule has 0 aliphatic heterocycles. The molecule has 0 fully saturated rings. The monoisotopic (exact) mass is 290 g/mol. The fourth-order valence-corrected chi connectivity index (χ4v) is 1.68. The Morgan fingerprint density at radius 3 is 2.57 bits per heavy atom. The smallest absolute Gasteiger partial charge is 0.305 e. The van der Waals surface area contributed by atoms with Gasteiger partial charge in [0.25, 0.3) is 0 Å². The normalized spacial score (nSPS) is 12.3. The fourth-order valence-electron chi connectivity index (χ4n) is 1.68. The summed E-state index contributed by atoms with van der Waals surface area (Å²) in [5.41, 5.74) is 1.13. The second-order valence-corrected chi connectivity index (χ2v) is 4.79. The third-order valence-corrected chi connectivity index (χ3v) is 2.95. The summed E-state index contributed by atoms with van der Waals surface area (Å²) in [5, 5.41) is 0. The molecule has 0 bridgehead atoms. The molecule has 0 amide bonds. The molecule has 0 aliphatic carbocycles. The Hall–Kier alpha value is -1.94. The number of allylic oxidation sites excluding steroid dienone is 1. The van der Waals surface area contributed by atoms with E-state index in [-0.39, 0.29) is 30.7 Å². The molecule has 0 aromatic heterocycles. The molecule has 0 unspecified atom stereocenters. The van der Waals surface area contributed by atoms with Gasteiger partial charge >= 0.3 is 5.97 Å². The first kappa shape index (κ1) is 17.1. The van der Waals surface area contributed by atoms with Crippen LogP contribution in [0.1, 0.15) is 31.7 Å². The molecule has 4 nitrogen and oxygen atoms in total. The van der Waals surface area contributed by atoms with Gasteiger partial charge in [-0.2, -0.15) is 0 Å². The van der Waals surface area contributed by atoms with Crippen LogP contribution in [0.3, 0.4) is 0 Å². The van der Waals surface area contributed by atoms with E-state index in [0.29, 0.717) is 13.0 Å². The minimum absolute atomic E-state index is 0.0369. The molecular formula is C17H22O4. The summed E-state index contributed by atoms with van der Waals surface area (Å²) in [6.45, 7) is 2.53. The Labute approximate surface area is 125 Å². The highest BCUT2D eigenvalue weighted by Crippen LogP contribution is 2.06. The number of carbonyl (C=O) groups excluding carboxylic acids is 2. The van der Waals surface area contributed by atoms with Gasteiger partial charge in [0.1, 0.15) is 0 Å². The molecule has 0 saturated carbocycles. The second kappa shape index (κ2) is 9.88. The van der Waals surface area contributed by atoms with Crippen molar-refractivity contribution in [2.24, 2.45) is 0 Å². The Kier molecular flexibility index (Phi) is 8.05. The van der Waals surface area contributed by atoms with Gasteiger partial charge in [-0.25, -0.2) is 0 Å². The molecule has 1 rings (SSSR count). The highest BCUT2D eigenvalue weighted by molar-refractivity contribution is 5.91. The average Bonchev–Trinajstić information content (AvgIpc) is 2.51. The van der Waals surface area contributed by atoms with Crippen molar-refractivity contribution >= 4 is 11.8 Å². The summed E-state index contributed by atoms with van der Waals surface area (Å²) >= 11 is 0. The van der Waals surface area contributed by atoms with Gasteiger partial charge in [-0.1, -0.05) is 36.4 Å². The van der Waals surface area contributed by atoms with E-state index in [4.69, 9.17) is 4.74 Å².